The molecule has 5 nitrogen and oxygen atoms in total. The van der Waals surface area contributed by atoms with Crippen molar-refractivity contribution in [2.75, 3.05) is 13.2 Å². The van der Waals surface area contributed by atoms with Crippen LogP contribution in [0.3, 0.4) is 0 Å². The fraction of sp³-hybridized carbons (Fsp3) is 0.956. The first-order valence-corrected chi connectivity index (χ1v) is 22.4. The number of carbonyl (C=O) groups excluding carboxylic acids is 2. The molecule has 0 fully saturated rings. The first kappa shape index (κ1) is 48.9. The van der Waals surface area contributed by atoms with Gasteiger partial charge in [0.15, 0.2) is 0 Å². The van der Waals surface area contributed by atoms with Gasteiger partial charge in [0.05, 0.1) is 0 Å². The summed E-state index contributed by atoms with van der Waals surface area (Å²) >= 11 is 0. The highest BCUT2D eigenvalue weighted by atomic mass is 16.6. The van der Waals surface area contributed by atoms with Crippen LogP contribution in [0.15, 0.2) is 0 Å². The lowest BCUT2D eigenvalue weighted by molar-refractivity contribution is -0.152. The van der Waals surface area contributed by atoms with E-state index in [9.17, 15) is 14.7 Å². The molecule has 0 aliphatic heterocycles. The van der Waals surface area contributed by atoms with Gasteiger partial charge in [-0.1, -0.05) is 226 Å². The van der Waals surface area contributed by atoms with Gasteiger partial charge in [-0.05, 0) is 18.8 Å². The highest BCUT2D eigenvalue weighted by molar-refractivity contribution is 5.69. The van der Waals surface area contributed by atoms with Crippen LogP contribution in [0.2, 0.25) is 0 Å². The molecule has 298 valence electrons. The van der Waals surface area contributed by atoms with E-state index >= 15 is 0 Å². The first-order valence-electron chi connectivity index (χ1n) is 22.4. The van der Waals surface area contributed by atoms with E-state index in [4.69, 9.17) is 9.47 Å². The van der Waals surface area contributed by atoms with Gasteiger partial charge < -0.3 is 14.6 Å². The molecule has 1 atom stereocenters. The number of hydrogen-bond acceptors (Lipinski definition) is 5. The van der Waals surface area contributed by atoms with E-state index in [-0.39, 0.29) is 25.2 Å². The minimum absolute atomic E-state index is 0.107. The fourth-order valence-electron chi connectivity index (χ4n) is 6.86. The lowest BCUT2D eigenvalue weighted by Gasteiger charge is -2.12. The summed E-state index contributed by atoms with van der Waals surface area (Å²) in [4.78, 5) is 24.0. The van der Waals surface area contributed by atoms with E-state index in [2.05, 4.69) is 20.8 Å². The fourth-order valence-corrected chi connectivity index (χ4v) is 6.86. The quantitative estimate of drug-likeness (QED) is 0.0505. The maximum Gasteiger partial charge on any atom is 0.305 e. The minimum Gasteiger partial charge on any atom is -0.463 e. The van der Waals surface area contributed by atoms with Crippen LogP contribution in [0, 0.1) is 5.92 Å². The predicted molar refractivity (Wildman–Crippen MR) is 215 cm³/mol. The lowest BCUT2D eigenvalue weighted by atomic mass is 10.0. The van der Waals surface area contributed by atoms with Crippen LogP contribution in [0.4, 0.5) is 0 Å². The number of esters is 2. The molecule has 0 saturated heterocycles. The summed E-state index contributed by atoms with van der Waals surface area (Å²) in [6, 6.07) is 0. The number of aliphatic hydroxyl groups excluding tert-OH is 1. The van der Waals surface area contributed by atoms with Gasteiger partial charge in [-0.15, -0.1) is 0 Å². The molecule has 0 saturated carbocycles. The van der Waals surface area contributed by atoms with Crippen molar-refractivity contribution in [3.63, 3.8) is 0 Å². The minimum atomic E-state index is -0.956. The number of rotatable bonds is 41. The van der Waals surface area contributed by atoms with Crippen molar-refractivity contribution in [3.05, 3.63) is 0 Å². The van der Waals surface area contributed by atoms with Gasteiger partial charge in [0.25, 0.3) is 0 Å². The summed E-state index contributed by atoms with van der Waals surface area (Å²) < 4.78 is 10.4. The molecule has 0 radical (unpaired) electrons. The van der Waals surface area contributed by atoms with Gasteiger partial charge in [0.2, 0.25) is 0 Å². The Morgan fingerprint density at radius 2 is 0.640 bits per heavy atom. The second-order valence-electron chi connectivity index (χ2n) is 16.0. The second kappa shape index (κ2) is 40.7. The van der Waals surface area contributed by atoms with Gasteiger partial charge >= 0.3 is 11.9 Å². The number of unbranched alkanes of at least 4 members (excludes halogenated alkanes) is 31. The van der Waals surface area contributed by atoms with E-state index in [0.29, 0.717) is 12.8 Å². The van der Waals surface area contributed by atoms with Crippen LogP contribution in [0.25, 0.3) is 0 Å². The molecule has 0 aromatic carbocycles. The van der Waals surface area contributed by atoms with Gasteiger partial charge in [-0.2, -0.15) is 0 Å². The molecule has 5 heteroatoms. The number of carbonyl (C=O) groups is 2. The van der Waals surface area contributed by atoms with Gasteiger partial charge in [0, 0.05) is 12.8 Å². The molecule has 1 N–H and O–H groups in total. The van der Waals surface area contributed by atoms with Crippen LogP contribution in [0.5, 0.6) is 0 Å². The van der Waals surface area contributed by atoms with Crippen molar-refractivity contribution in [2.45, 2.75) is 258 Å². The summed E-state index contributed by atoms with van der Waals surface area (Å²) in [7, 11) is 0. The number of ether oxygens (including phenoxy) is 2. The summed E-state index contributed by atoms with van der Waals surface area (Å²) in [5, 5.41) is 10.0. The molecule has 0 bridgehead atoms. The monoisotopic (exact) mass is 709 g/mol. The Bertz CT molecular complexity index is 693. The normalized spacial score (nSPS) is 12.1. The predicted octanol–water partition coefficient (Wildman–Crippen LogP) is 14.2. The summed E-state index contributed by atoms with van der Waals surface area (Å²) in [5.41, 5.74) is 0. The Balaban J connectivity index is 3.35. The second-order valence-corrected chi connectivity index (χ2v) is 16.0. The molecular formula is C45H88O5. The molecule has 50 heavy (non-hydrogen) atoms. The Kier molecular flexibility index (Phi) is 39.8. The number of aliphatic hydroxyl groups is 1. The Morgan fingerprint density at radius 1 is 0.400 bits per heavy atom. The molecule has 0 aromatic rings. The zero-order valence-corrected chi connectivity index (χ0v) is 34.1. The van der Waals surface area contributed by atoms with Gasteiger partial charge in [0.1, 0.15) is 19.3 Å². The molecule has 0 amide bonds. The van der Waals surface area contributed by atoms with Crippen molar-refractivity contribution >= 4 is 11.9 Å². The van der Waals surface area contributed by atoms with E-state index in [0.717, 1.165) is 31.6 Å². The molecule has 0 unspecified atom stereocenters. The maximum atomic E-state index is 12.0. The molecule has 0 aliphatic carbocycles. The van der Waals surface area contributed by atoms with E-state index in [1.165, 1.54) is 193 Å². The van der Waals surface area contributed by atoms with Crippen LogP contribution in [-0.4, -0.2) is 36.4 Å². The van der Waals surface area contributed by atoms with Crippen molar-refractivity contribution in [2.24, 2.45) is 5.92 Å². The molecule has 0 spiro atoms. The van der Waals surface area contributed by atoms with E-state index in [1.54, 1.807) is 0 Å². The van der Waals surface area contributed by atoms with Gasteiger partial charge in [-0.25, -0.2) is 0 Å². The van der Waals surface area contributed by atoms with Crippen LogP contribution in [-0.2, 0) is 19.1 Å². The van der Waals surface area contributed by atoms with Crippen LogP contribution in [0.1, 0.15) is 252 Å². The number of hydrogen-bond donors (Lipinski definition) is 1. The first-order chi connectivity index (χ1) is 24.5. The smallest absolute Gasteiger partial charge is 0.305 e. The van der Waals surface area contributed by atoms with Crippen LogP contribution < -0.4 is 0 Å². The third kappa shape index (κ3) is 41.3. The van der Waals surface area contributed by atoms with E-state index < -0.39 is 6.10 Å². The standard InChI is InChI=1S/C45H88O5/c1-4-5-6-7-8-9-10-11-12-13-14-17-20-23-26-29-32-35-38-44(47)49-40-43(46)41-50-45(48)39-36-33-30-27-24-21-18-15-16-19-22-25-28-31-34-37-42(2)3/h42-43,46H,4-41H2,1-3H3/t43-/m0/s1. The highest BCUT2D eigenvalue weighted by Gasteiger charge is 2.12. The SMILES string of the molecule is CCCCCCCCCCCCCCCCCCCCC(=O)OC[C@H](O)COC(=O)CCCCCCCCCCCCCCCCCC(C)C. The summed E-state index contributed by atoms with van der Waals surface area (Å²) in [6.45, 7) is 6.71. The summed E-state index contributed by atoms with van der Waals surface area (Å²) in [5.74, 6) is 0.309. The topological polar surface area (TPSA) is 72.8 Å². The van der Waals surface area contributed by atoms with Crippen molar-refractivity contribution in [1.29, 1.82) is 0 Å². The molecule has 0 heterocycles. The molecular weight excluding hydrogens is 620 g/mol. The Morgan fingerprint density at radius 3 is 0.900 bits per heavy atom. The largest absolute Gasteiger partial charge is 0.463 e. The van der Waals surface area contributed by atoms with Crippen LogP contribution >= 0.6 is 0 Å². The summed E-state index contributed by atoms with van der Waals surface area (Å²) in [6.07, 6.45) is 44.5. The Labute approximate surface area is 312 Å². The van der Waals surface area contributed by atoms with Crippen molar-refractivity contribution in [1.82, 2.24) is 0 Å². The zero-order valence-electron chi connectivity index (χ0n) is 34.1. The lowest BCUT2D eigenvalue weighted by Crippen LogP contribution is -2.25. The molecule has 0 aliphatic rings. The Hall–Kier alpha value is -1.10. The zero-order chi connectivity index (χ0) is 36.6. The van der Waals surface area contributed by atoms with Crippen molar-refractivity contribution in [3.8, 4) is 0 Å². The molecule has 0 aromatic heterocycles. The third-order valence-corrected chi connectivity index (χ3v) is 10.3. The van der Waals surface area contributed by atoms with Crippen molar-refractivity contribution < 1.29 is 24.2 Å². The van der Waals surface area contributed by atoms with E-state index in [1.807, 2.05) is 0 Å². The highest BCUT2D eigenvalue weighted by Crippen LogP contribution is 2.17. The molecule has 0 rings (SSSR count). The maximum absolute atomic E-state index is 12.0. The average molecular weight is 709 g/mol. The third-order valence-electron chi connectivity index (χ3n) is 10.3. The van der Waals surface area contributed by atoms with Gasteiger partial charge in [-0.3, -0.25) is 9.59 Å². The average Bonchev–Trinajstić information content (AvgIpc) is 3.10.